The van der Waals surface area contributed by atoms with Gasteiger partial charge in [-0.25, -0.2) is 9.97 Å². The average molecular weight is 284 g/mol. The molecule has 0 bridgehead atoms. The van der Waals surface area contributed by atoms with Crippen LogP contribution < -0.4 is 4.90 Å². The average Bonchev–Trinajstić information content (AvgIpc) is 2.41. The van der Waals surface area contributed by atoms with Gasteiger partial charge < -0.3 is 4.90 Å². The maximum absolute atomic E-state index is 4.51. The molecule has 4 heteroatoms. The summed E-state index contributed by atoms with van der Waals surface area (Å²) in [6, 6.07) is 2.02. The molecule has 0 spiro atoms. The quantitative estimate of drug-likeness (QED) is 0.742. The summed E-state index contributed by atoms with van der Waals surface area (Å²) < 4.78 is 0.882. The van der Waals surface area contributed by atoms with Gasteiger partial charge in [-0.3, -0.25) is 0 Å². The zero-order chi connectivity index (χ0) is 11.5. The fraction of sp³-hybridized carbons (Fsp3) is 0.667. The third-order valence-corrected chi connectivity index (χ3v) is 3.54. The van der Waals surface area contributed by atoms with E-state index in [0.29, 0.717) is 0 Å². The summed E-state index contributed by atoms with van der Waals surface area (Å²) in [5, 5.41) is 0. The predicted molar refractivity (Wildman–Crippen MR) is 69.7 cm³/mol. The molecule has 88 valence electrons. The van der Waals surface area contributed by atoms with E-state index in [9.17, 15) is 0 Å². The summed E-state index contributed by atoms with van der Waals surface area (Å²) in [4.78, 5) is 11.1. The van der Waals surface area contributed by atoms with Crippen molar-refractivity contribution in [2.45, 2.75) is 33.1 Å². The lowest BCUT2D eigenvalue weighted by Crippen LogP contribution is -2.25. The molecule has 1 aromatic heterocycles. The summed E-state index contributed by atoms with van der Waals surface area (Å²) in [5.74, 6) is 2.74. The molecule has 0 aromatic carbocycles. The number of halogens is 1. The lowest BCUT2D eigenvalue weighted by molar-refractivity contribution is 0.521. The highest BCUT2D eigenvalue weighted by molar-refractivity contribution is 9.10. The van der Waals surface area contributed by atoms with Crippen LogP contribution in [0.2, 0.25) is 0 Å². The van der Waals surface area contributed by atoms with Crippen LogP contribution in [0.3, 0.4) is 0 Å². The zero-order valence-electron chi connectivity index (χ0n) is 9.91. The molecule has 1 aliphatic heterocycles. The van der Waals surface area contributed by atoms with Crippen LogP contribution in [0.15, 0.2) is 10.7 Å². The number of aromatic nitrogens is 2. The second-order valence-electron chi connectivity index (χ2n) is 4.62. The van der Waals surface area contributed by atoms with Gasteiger partial charge >= 0.3 is 0 Å². The van der Waals surface area contributed by atoms with Crippen LogP contribution in [0.5, 0.6) is 0 Å². The van der Waals surface area contributed by atoms with Gasteiger partial charge in [0.15, 0.2) is 0 Å². The summed E-state index contributed by atoms with van der Waals surface area (Å²) in [6.45, 7) is 6.51. The van der Waals surface area contributed by atoms with E-state index in [1.807, 2.05) is 13.0 Å². The summed E-state index contributed by atoms with van der Waals surface area (Å²) in [7, 11) is 0. The molecule has 1 fully saturated rings. The van der Waals surface area contributed by atoms with Gasteiger partial charge in [0.2, 0.25) is 0 Å². The maximum atomic E-state index is 4.51. The zero-order valence-corrected chi connectivity index (χ0v) is 11.5. The van der Waals surface area contributed by atoms with Crippen molar-refractivity contribution < 1.29 is 0 Å². The Morgan fingerprint density at radius 1 is 1.31 bits per heavy atom. The Hall–Kier alpha value is -0.640. The van der Waals surface area contributed by atoms with Crippen LogP contribution in [0, 0.1) is 12.8 Å². The van der Waals surface area contributed by atoms with E-state index >= 15 is 0 Å². The molecule has 1 atom stereocenters. The molecule has 3 nitrogen and oxygen atoms in total. The molecule has 1 saturated heterocycles. The van der Waals surface area contributed by atoms with Crippen LogP contribution in [-0.4, -0.2) is 23.1 Å². The van der Waals surface area contributed by atoms with E-state index in [-0.39, 0.29) is 0 Å². The SMILES string of the molecule is Cc1nc(Br)cc(N2CCCC(C)CC2)n1. The highest BCUT2D eigenvalue weighted by atomic mass is 79.9. The van der Waals surface area contributed by atoms with Crippen molar-refractivity contribution in [1.82, 2.24) is 9.97 Å². The molecule has 0 aliphatic carbocycles. The van der Waals surface area contributed by atoms with E-state index in [0.717, 1.165) is 35.3 Å². The predicted octanol–water partition coefficient (Wildman–Crippen LogP) is 3.17. The first-order valence-corrected chi connectivity index (χ1v) is 6.70. The summed E-state index contributed by atoms with van der Waals surface area (Å²) in [5.41, 5.74) is 0. The van der Waals surface area contributed by atoms with E-state index < -0.39 is 0 Å². The van der Waals surface area contributed by atoms with Gasteiger partial charge in [-0.1, -0.05) is 6.92 Å². The van der Waals surface area contributed by atoms with Crippen molar-refractivity contribution in [2.75, 3.05) is 18.0 Å². The molecule has 1 aromatic rings. The first kappa shape index (κ1) is 11.8. The van der Waals surface area contributed by atoms with E-state index in [2.05, 4.69) is 37.7 Å². The smallest absolute Gasteiger partial charge is 0.133 e. The van der Waals surface area contributed by atoms with Crippen molar-refractivity contribution in [2.24, 2.45) is 5.92 Å². The lowest BCUT2D eigenvalue weighted by Gasteiger charge is -2.21. The second kappa shape index (κ2) is 5.13. The number of hydrogen-bond acceptors (Lipinski definition) is 3. The Kier molecular flexibility index (Phi) is 3.79. The summed E-state index contributed by atoms with van der Waals surface area (Å²) >= 11 is 3.43. The van der Waals surface area contributed by atoms with Gasteiger partial charge in [0.25, 0.3) is 0 Å². The number of rotatable bonds is 1. The first-order chi connectivity index (χ1) is 7.65. The molecule has 16 heavy (non-hydrogen) atoms. The van der Waals surface area contributed by atoms with Gasteiger partial charge in [0, 0.05) is 19.2 Å². The van der Waals surface area contributed by atoms with Crippen LogP contribution >= 0.6 is 15.9 Å². The van der Waals surface area contributed by atoms with E-state index in [1.54, 1.807) is 0 Å². The fourth-order valence-electron chi connectivity index (χ4n) is 2.17. The Morgan fingerprint density at radius 2 is 2.12 bits per heavy atom. The fourth-order valence-corrected chi connectivity index (χ4v) is 2.63. The normalized spacial score (nSPS) is 21.9. The van der Waals surface area contributed by atoms with Crippen LogP contribution in [-0.2, 0) is 0 Å². The topological polar surface area (TPSA) is 29.0 Å². The molecule has 1 unspecified atom stereocenters. The number of hydrogen-bond donors (Lipinski definition) is 0. The highest BCUT2D eigenvalue weighted by Crippen LogP contribution is 2.22. The van der Waals surface area contributed by atoms with E-state index in [1.165, 1.54) is 19.3 Å². The summed E-state index contributed by atoms with van der Waals surface area (Å²) in [6.07, 6.45) is 3.87. The minimum atomic E-state index is 0.835. The van der Waals surface area contributed by atoms with Crippen LogP contribution in [0.4, 0.5) is 5.82 Å². The van der Waals surface area contributed by atoms with Crippen LogP contribution in [0.1, 0.15) is 32.0 Å². The molecule has 1 aliphatic rings. The van der Waals surface area contributed by atoms with Gasteiger partial charge in [-0.05, 0) is 48.0 Å². The molecule has 0 radical (unpaired) electrons. The third-order valence-electron chi connectivity index (χ3n) is 3.13. The Bertz CT molecular complexity index is 347. The van der Waals surface area contributed by atoms with Crippen molar-refractivity contribution in [1.29, 1.82) is 0 Å². The maximum Gasteiger partial charge on any atom is 0.133 e. The van der Waals surface area contributed by atoms with Gasteiger partial charge in [0.05, 0.1) is 0 Å². The molecular formula is C12H18BrN3. The Labute approximate surface area is 105 Å². The standard InChI is InChI=1S/C12H18BrN3/c1-9-4-3-6-16(7-5-9)12-8-11(13)14-10(2)15-12/h8-9H,3-7H2,1-2H3. The lowest BCUT2D eigenvalue weighted by atomic mass is 10.0. The van der Waals surface area contributed by atoms with Crippen molar-refractivity contribution in [3.63, 3.8) is 0 Å². The second-order valence-corrected chi connectivity index (χ2v) is 5.43. The molecule has 0 amide bonds. The number of nitrogens with zero attached hydrogens (tertiary/aromatic N) is 3. The highest BCUT2D eigenvalue weighted by Gasteiger charge is 2.15. The minimum absolute atomic E-state index is 0.835. The van der Waals surface area contributed by atoms with Gasteiger partial charge in [-0.2, -0.15) is 0 Å². The van der Waals surface area contributed by atoms with Crippen molar-refractivity contribution in [3.8, 4) is 0 Å². The molecule has 2 rings (SSSR count). The van der Waals surface area contributed by atoms with E-state index in [4.69, 9.17) is 0 Å². The monoisotopic (exact) mass is 283 g/mol. The third kappa shape index (κ3) is 2.94. The van der Waals surface area contributed by atoms with Crippen molar-refractivity contribution in [3.05, 3.63) is 16.5 Å². The largest absolute Gasteiger partial charge is 0.356 e. The first-order valence-electron chi connectivity index (χ1n) is 5.91. The van der Waals surface area contributed by atoms with Crippen LogP contribution in [0.25, 0.3) is 0 Å². The minimum Gasteiger partial charge on any atom is -0.356 e. The molecular weight excluding hydrogens is 266 g/mol. The van der Waals surface area contributed by atoms with Crippen molar-refractivity contribution >= 4 is 21.7 Å². The van der Waals surface area contributed by atoms with Gasteiger partial charge in [-0.15, -0.1) is 0 Å². The Morgan fingerprint density at radius 3 is 2.88 bits per heavy atom. The number of anilines is 1. The van der Waals surface area contributed by atoms with Gasteiger partial charge in [0.1, 0.15) is 16.2 Å². The number of aryl methyl sites for hydroxylation is 1. The molecule has 0 saturated carbocycles. The Balaban J connectivity index is 2.16. The molecule has 0 N–H and O–H groups in total. The molecule has 2 heterocycles.